The fourth-order valence-electron chi connectivity index (χ4n) is 1.72. The molecule has 2 heterocycles. The van der Waals surface area contributed by atoms with E-state index in [1.54, 1.807) is 35.8 Å². The van der Waals surface area contributed by atoms with Gasteiger partial charge in [-0.1, -0.05) is 23.7 Å². The predicted molar refractivity (Wildman–Crippen MR) is 83.0 cm³/mol. The van der Waals surface area contributed by atoms with E-state index in [2.05, 4.69) is 25.6 Å². The van der Waals surface area contributed by atoms with E-state index in [-0.39, 0.29) is 10.2 Å². The minimum Gasteiger partial charge on any atom is -0.278 e. The minimum atomic E-state index is -3.82. The van der Waals surface area contributed by atoms with Crippen LogP contribution in [-0.2, 0) is 10.0 Å². The molecular weight excluding hydrogens is 386 g/mol. The maximum absolute atomic E-state index is 12.5. The van der Waals surface area contributed by atoms with Crippen molar-refractivity contribution in [3.8, 4) is 0 Å². The van der Waals surface area contributed by atoms with Gasteiger partial charge in [0.15, 0.2) is 15.1 Å². The number of anilines is 1. The molecule has 3 aromatic rings. The zero-order valence-corrected chi connectivity index (χ0v) is 13.7. The summed E-state index contributed by atoms with van der Waals surface area (Å²) < 4.78 is 29.5. The van der Waals surface area contributed by atoms with Crippen LogP contribution in [0.5, 0.6) is 0 Å². The zero-order chi connectivity index (χ0) is 14.3. The van der Waals surface area contributed by atoms with Gasteiger partial charge in [-0.15, -0.1) is 11.3 Å². The van der Waals surface area contributed by atoms with Crippen LogP contribution < -0.4 is 4.72 Å². The molecule has 0 saturated carbocycles. The van der Waals surface area contributed by atoms with E-state index >= 15 is 0 Å². The van der Waals surface area contributed by atoms with Crippen LogP contribution >= 0.6 is 38.9 Å². The number of rotatable bonds is 3. The molecule has 9 heteroatoms. The van der Waals surface area contributed by atoms with Crippen LogP contribution in [0.15, 0.2) is 45.3 Å². The quantitative estimate of drug-likeness (QED) is 0.740. The van der Waals surface area contributed by atoms with Crippen LogP contribution in [0.4, 0.5) is 5.69 Å². The van der Waals surface area contributed by atoms with E-state index in [1.165, 1.54) is 15.7 Å². The molecule has 0 atom stereocenters. The molecule has 5 nitrogen and oxygen atoms in total. The van der Waals surface area contributed by atoms with Crippen molar-refractivity contribution < 1.29 is 8.42 Å². The summed E-state index contributed by atoms with van der Waals surface area (Å²) in [5.41, 5.74) is 0.439. The van der Waals surface area contributed by atoms with Crippen molar-refractivity contribution in [2.45, 2.75) is 5.03 Å². The number of para-hydroxylation sites is 1. The first-order valence-electron chi connectivity index (χ1n) is 5.37. The number of thiazole rings is 1. The smallest absolute Gasteiger partial charge is 0.278 e. The van der Waals surface area contributed by atoms with Crippen LogP contribution in [0.25, 0.3) is 4.96 Å². The van der Waals surface area contributed by atoms with Crippen molar-refractivity contribution in [3.63, 3.8) is 0 Å². The number of hydrogen-bond acceptors (Lipinski definition) is 4. The fourth-order valence-corrected chi connectivity index (χ4v) is 4.77. The highest BCUT2D eigenvalue weighted by Crippen LogP contribution is 2.29. The van der Waals surface area contributed by atoms with E-state index in [0.717, 1.165) is 0 Å². The Balaban J connectivity index is 2.11. The van der Waals surface area contributed by atoms with Crippen molar-refractivity contribution >= 4 is 59.5 Å². The van der Waals surface area contributed by atoms with Crippen LogP contribution in [0, 0.1) is 0 Å². The van der Waals surface area contributed by atoms with Gasteiger partial charge >= 0.3 is 0 Å². The second kappa shape index (κ2) is 5.03. The van der Waals surface area contributed by atoms with E-state index in [1.807, 2.05) is 0 Å². The van der Waals surface area contributed by atoms with E-state index in [9.17, 15) is 8.42 Å². The predicted octanol–water partition coefficient (Wildman–Crippen LogP) is 3.61. The number of imidazole rings is 1. The number of hydrogen-bond donors (Lipinski definition) is 1. The Labute approximate surface area is 132 Å². The average Bonchev–Trinajstić information content (AvgIpc) is 2.91. The third kappa shape index (κ3) is 2.32. The highest BCUT2D eigenvalue weighted by Gasteiger charge is 2.25. The summed E-state index contributed by atoms with van der Waals surface area (Å²) in [4.78, 5) is 4.55. The van der Waals surface area contributed by atoms with Gasteiger partial charge in [-0.3, -0.25) is 9.12 Å². The van der Waals surface area contributed by atoms with Gasteiger partial charge in [0.25, 0.3) is 10.0 Å². The second-order valence-electron chi connectivity index (χ2n) is 3.85. The summed E-state index contributed by atoms with van der Waals surface area (Å²) in [7, 11) is -3.82. The molecule has 0 bridgehead atoms. The number of nitrogens with zero attached hydrogens (tertiary/aromatic N) is 2. The van der Waals surface area contributed by atoms with Gasteiger partial charge in [0, 0.05) is 16.0 Å². The van der Waals surface area contributed by atoms with E-state index in [4.69, 9.17) is 11.6 Å². The number of halogens is 2. The maximum atomic E-state index is 12.5. The first-order chi connectivity index (χ1) is 9.49. The topological polar surface area (TPSA) is 63.5 Å². The number of nitrogens with one attached hydrogen (secondary N) is 1. The largest absolute Gasteiger partial charge is 0.281 e. The minimum absolute atomic E-state index is 0.0450. The monoisotopic (exact) mass is 391 g/mol. The summed E-state index contributed by atoms with van der Waals surface area (Å²) in [5, 5.41) is 1.64. The Bertz CT molecular complexity index is 888. The van der Waals surface area contributed by atoms with Crippen molar-refractivity contribution in [3.05, 3.63) is 45.5 Å². The Morgan fingerprint density at radius 1 is 1.35 bits per heavy atom. The van der Waals surface area contributed by atoms with Crippen LogP contribution in [0.3, 0.4) is 0 Å². The van der Waals surface area contributed by atoms with Gasteiger partial charge < -0.3 is 0 Å². The standard InChI is InChI=1S/C11H7BrClN3O2S2/c12-7-3-1-2-4-8(7)15-20(17,18)10-9(13)14-11-16(10)5-6-19-11/h1-6,15H. The van der Waals surface area contributed by atoms with Crippen molar-refractivity contribution in [2.24, 2.45) is 0 Å². The molecule has 0 aliphatic rings. The van der Waals surface area contributed by atoms with Crippen molar-refractivity contribution in [2.75, 3.05) is 4.72 Å². The third-order valence-corrected chi connectivity index (χ3v) is 5.76. The first-order valence-corrected chi connectivity index (χ1v) is 8.91. The first kappa shape index (κ1) is 13.9. The molecule has 104 valence electrons. The molecule has 1 N–H and O–H groups in total. The molecular formula is C11H7BrClN3O2S2. The summed E-state index contributed by atoms with van der Waals surface area (Å²) in [6.45, 7) is 0. The molecule has 0 spiro atoms. The van der Waals surface area contributed by atoms with Gasteiger partial charge in [0.05, 0.1) is 5.69 Å². The molecule has 0 unspecified atom stereocenters. The fraction of sp³-hybridized carbons (Fsp3) is 0. The van der Waals surface area contributed by atoms with Crippen LogP contribution in [0.1, 0.15) is 0 Å². The number of sulfonamides is 1. The summed E-state index contributed by atoms with van der Waals surface area (Å²) >= 11 is 10.5. The summed E-state index contributed by atoms with van der Waals surface area (Å²) in [6, 6.07) is 6.93. The van der Waals surface area contributed by atoms with Gasteiger partial charge in [0.1, 0.15) is 0 Å². The van der Waals surface area contributed by atoms with Gasteiger partial charge in [-0.05, 0) is 28.1 Å². The average molecular weight is 393 g/mol. The van der Waals surface area contributed by atoms with Gasteiger partial charge in [-0.2, -0.15) is 8.42 Å². The highest BCUT2D eigenvalue weighted by molar-refractivity contribution is 9.10. The van der Waals surface area contributed by atoms with E-state index in [0.29, 0.717) is 15.1 Å². The molecule has 3 rings (SSSR count). The lowest BCUT2D eigenvalue weighted by Gasteiger charge is -2.08. The summed E-state index contributed by atoms with van der Waals surface area (Å²) in [5.74, 6) is 0. The third-order valence-electron chi connectivity index (χ3n) is 2.55. The lowest BCUT2D eigenvalue weighted by molar-refractivity contribution is 0.596. The van der Waals surface area contributed by atoms with Gasteiger partial charge in [-0.25, -0.2) is 4.98 Å². The molecule has 0 radical (unpaired) electrons. The Hall–Kier alpha value is -1.09. The molecule has 0 saturated heterocycles. The van der Waals surface area contributed by atoms with E-state index < -0.39 is 10.0 Å². The normalized spacial score (nSPS) is 11.9. The Kier molecular flexibility index (Phi) is 3.49. The molecule has 0 aliphatic heterocycles. The number of aromatic nitrogens is 2. The maximum Gasteiger partial charge on any atom is 0.281 e. The van der Waals surface area contributed by atoms with Crippen LogP contribution in [-0.4, -0.2) is 17.8 Å². The Morgan fingerprint density at radius 3 is 2.85 bits per heavy atom. The molecule has 2 aromatic heterocycles. The molecule has 20 heavy (non-hydrogen) atoms. The zero-order valence-electron chi connectivity index (χ0n) is 9.75. The second-order valence-corrected chi connectivity index (χ2v) is 7.53. The molecule has 0 amide bonds. The lowest BCUT2D eigenvalue weighted by atomic mass is 10.3. The number of benzene rings is 1. The van der Waals surface area contributed by atoms with Crippen molar-refractivity contribution in [1.29, 1.82) is 0 Å². The van der Waals surface area contributed by atoms with Gasteiger partial charge in [0.2, 0.25) is 0 Å². The molecule has 0 aliphatic carbocycles. The highest BCUT2D eigenvalue weighted by atomic mass is 79.9. The lowest BCUT2D eigenvalue weighted by Crippen LogP contribution is -2.15. The molecule has 0 fully saturated rings. The number of fused-ring (bicyclic) bond motifs is 1. The van der Waals surface area contributed by atoms with Crippen LogP contribution in [0.2, 0.25) is 5.15 Å². The Morgan fingerprint density at radius 2 is 2.10 bits per heavy atom. The summed E-state index contributed by atoms with van der Waals surface area (Å²) in [6.07, 6.45) is 1.62. The molecule has 1 aromatic carbocycles. The van der Waals surface area contributed by atoms with Crippen molar-refractivity contribution in [1.82, 2.24) is 9.38 Å². The SMILES string of the molecule is O=S(=O)(Nc1ccccc1Br)c1c(Cl)nc2sccn12.